The Labute approximate surface area is 76.7 Å². The summed E-state index contributed by atoms with van der Waals surface area (Å²) in [7, 11) is 0. The van der Waals surface area contributed by atoms with E-state index in [0.717, 1.165) is 23.2 Å². The molecule has 2 rings (SSSR count). The number of thiocarbonyl (C=S) groups is 1. The van der Waals surface area contributed by atoms with Crippen molar-refractivity contribution in [1.29, 1.82) is 0 Å². The van der Waals surface area contributed by atoms with Crippen molar-refractivity contribution in [3.63, 3.8) is 0 Å². The fourth-order valence-corrected chi connectivity index (χ4v) is 2.95. The summed E-state index contributed by atoms with van der Waals surface area (Å²) in [5.41, 5.74) is 0. The summed E-state index contributed by atoms with van der Waals surface area (Å²) in [5.74, 6) is 1.14. The van der Waals surface area contributed by atoms with Gasteiger partial charge in [0.2, 0.25) is 0 Å². The lowest BCUT2D eigenvalue weighted by Gasteiger charge is -2.22. The highest BCUT2D eigenvalue weighted by molar-refractivity contribution is 8.23. The molecule has 2 aliphatic heterocycles. The molecule has 2 fully saturated rings. The van der Waals surface area contributed by atoms with E-state index in [1.165, 1.54) is 12.8 Å². The van der Waals surface area contributed by atoms with Gasteiger partial charge in [0.1, 0.15) is 4.32 Å². The Morgan fingerprint density at radius 1 is 1.55 bits per heavy atom. The molecule has 0 aromatic carbocycles. The lowest BCUT2D eigenvalue weighted by Crippen LogP contribution is -2.42. The Bertz CT molecular complexity index is 172. The highest BCUT2D eigenvalue weighted by atomic mass is 32.2. The summed E-state index contributed by atoms with van der Waals surface area (Å²) in [6.07, 6.45) is 3.11. The van der Waals surface area contributed by atoms with E-state index in [9.17, 15) is 0 Å². The van der Waals surface area contributed by atoms with Crippen LogP contribution in [0.3, 0.4) is 0 Å². The average molecular weight is 188 g/mol. The molecule has 0 saturated carbocycles. The minimum atomic E-state index is 0.537. The summed E-state index contributed by atoms with van der Waals surface area (Å²) >= 11 is 7.03. The molecule has 0 amide bonds. The van der Waals surface area contributed by atoms with Crippen LogP contribution >= 0.6 is 24.0 Å². The molecule has 0 aliphatic carbocycles. The van der Waals surface area contributed by atoms with Gasteiger partial charge in [0, 0.05) is 12.3 Å². The first-order valence-electron chi connectivity index (χ1n) is 4.05. The van der Waals surface area contributed by atoms with E-state index in [4.69, 9.17) is 12.2 Å². The van der Waals surface area contributed by atoms with Gasteiger partial charge in [-0.3, -0.25) is 5.32 Å². The van der Waals surface area contributed by atoms with E-state index in [1.807, 2.05) is 0 Å². The number of fused-ring (bicyclic) bond motifs is 1. The Morgan fingerprint density at radius 3 is 3.36 bits per heavy atom. The normalized spacial score (nSPS) is 31.8. The number of rotatable bonds is 0. The third-order valence-electron chi connectivity index (χ3n) is 2.18. The standard InChI is InChI=1S/C7H12N2S2/c10-7-9-4-2-1-3-8-6(9)5-11-7/h6,8H,1-5H2/t6-/m1/s1. The molecule has 2 nitrogen and oxygen atoms in total. The lowest BCUT2D eigenvalue weighted by atomic mass is 10.3. The number of hydrogen-bond acceptors (Lipinski definition) is 3. The van der Waals surface area contributed by atoms with E-state index >= 15 is 0 Å². The predicted molar refractivity (Wildman–Crippen MR) is 52.8 cm³/mol. The number of hydrogen-bond donors (Lipinski definition) is 1. The van der Waals surface area contributed by atoms with Crippen LogP contribution in [0, 0.1) is 0 Å². The number of thioether (sulfide) groups is 1. The van der Waals surface area contributed by atoms with Gasteiger partial charge in [-0.05, 0) is 19.4 Å². The second-order valence-corrected chi connectivity index (χ2v) is 4.60. The monoisotopic (exact) mass is 188 g/mol. The zero-order valence-corrected chi connectivity index (χ0v) is 8.01. The van der Waals surface area contributed by atoms with Crippen molar-refractivity contribution < 1.29 is 0 Å². The van der Waals surface area contributed by atoms with Crippen LogP contribution in [0.15, 0.2) is 0 Å². The van der Waals surface area contributed by atoms with Crippen LogP contribution in [0.5, 0.6) is 0 Å². The molecule has 0 bridgehead atoms. The van der Waals surface area contributed by atoms with Crippen molar-refractivity contribution in [2.24, 2.45) is 0 Å². The second-order valence-electron chi connectivity index (χ2n) is 2.95. The Kier molecular flexibility index (Phi) is 2.34. The molecule has 2 saturated heterocycles. The molecule has 0 unspecified atom stereocenters. The van der Waals surface area contributed by atoms with Crippen LogP contribution in [0.2, 0.25) is 0 Å². The van der Waals surface area contributed by atoms with Crippen LogP contribution in [-0.2, 0) is 0 Å². The van der Waals surface area contributed by atoms with Crippen molar-refractivity contribution in [3.05, 3.63) is 0 Å². The van der Waals surface area contributed by atoms with Gasteiger partial charge < -0.3 is 4.90 Å². The summed E-state index contributed by atoms with van der Waals surface area (Å²) < 4.78 is 1.09. The molecule has 1 atom stereocenters. The number of nitrogens with one attached hydrogen (secondary N) is 1. The van der Waals surface area contributed by atoms with Gasteiger partial charge in [-0.25, -0.2) is 0 Å². The van der Waals surface area contributed by atoms with Crippen molar-refractivity contribution in [2.75, 3.05) is 18.8 Å². The van der Waals surface area contributed by atoms with Gasteiger partial charge in [-0.2, -0.15) is 0 Å². The molecular weight excluding hydrogens is 176 g/mol. The van der Waals surface area contributed by atoms with Crippen LogP contribution in [0.4, 0.5) is 0 Å². The fraction of sp³-hybridized carbons (Fsp3) is 0.857. The maximum atomic E-state index is 5.23. The minimum absolute atomic E-state index is 0.537. The summed E-state index contributed by atoms with van der Waals surface area (Å²) in [5, 5.41) is 3.49. The SMILES string of the molecule is S=C1SC[C@@H]2NCCCCN12. The maximum absolute atomic E-state index is 5.23. The Morgan fingerprint density at radius 2 is 2.45 bits per heavy atom. The first-order chi connectivity index (χ1) is 5.38. The Balaban J connectivity index is 2.06. The summed E-state index contributed by atoms with van der Waals surface area (Å²) in [4.78, 5) is 2.33. The van der Waals surface area contributed by atoms with Crippen LogP contribution in [-0.4, -0.2) is 34.2 Å². The first kappa shape index (κ1) is 7.83. The largest absolute Gasteiger partial charge is 0.341 e. The van der Waals surface area contributed by atoms with Gasteiger partial charge in [-0.1, -0.05) is 24.0 Å². The van der Waals surface area contributed by atoms with Crippen LogP contribution in [0.25, 0.3) is 0 Å². The molecule has 4 heteroatoms. The molecule has 11 heavy (non-hydrogen) atoms. The quantitative estimate of drug-likeness (QED) is 0.571. The van der Waals surface area contributed by atoms with Gasteiger partial charge in [0.25, 0.3) is 0 Å². The van der Waals surface area contributed by atoms with Gasteiger partial charge in [-0.15, -0.1) is 0 Å². The molecule has 0 aromatic rings. The predicted octanol–water partition coefficient (Wildman–Crippen LogP) is 1.03. The van der Waals surface area contributed by atoms with Gasteiger partial charge in [0.05, 0.1) is 6.17 Å². The molecule has 2 aliphatic rings. The van der Waals surface area contributed by atoms with Crippen molar-refractivity contribution >= 4 is 28.3 Å². The van der Waals surface area contributed by atoms with Crippen molar-refractivity contribution in [3.8, 4) is 0 Å². The zero-order valence-electron chi connectivity index (χ0n) is 6.38. The molecule has 0 radical (unpaired) electrons. The van der Waals surface area contributed by atoms with E-state index in [-0.39, 0.29) is 0 Å². The average Bonchev–Trinajstić information content (AvgIpc) is 2.25. The summed E-state index contributed by atoms with van der Waals surface area (Å²) in [6.45, 7) is 2.31. The molecular formula is C7H12N2S2. The molecule has 0 aromatic heterocycles. The van der Waals surface area contributed by atoms with Gasteiger partial charge in [0.15, 0.2) is 0 Å². The smallest absolute Gasteiger partial charge is 0.137 e. The van der Waals surface area contributed by atoms with E-state index in [1.54, 1.807) is 11.8 Å². The van der Waals surface area contributed by atoms with E-state index in [2.05, 4.69) is 10.2 Å². The zero-order chi connectivity index (χ0) is 7.68. The molecule has 2 heterocycles. The third kappa shape index (κ3) is 1.53. The topological polar surface area (TPSA) is 15.3 Å². The second kappa shape index (κ2) is 3.29. The first-order valence-corrected chi connectivity index (χ1v) is 5.44. The highest BCUT2D eigenvalue weighted by Gasteiger charge is 2.28. The summed E-state index contributed by atoms with van der Waals surface area (Å²) in [6, 6.07) is 0. The van der Waals surface area contributed by atoms with Crippen molar-refractivity contribution in [2.45, 2.75) is 19.0 Å². The fourth-order valence-electron chi connectivity index (χ4n) is 1.54. The van der Waals surface area contributed by atoms with Crippen LogP contribution < -0.4 is 5.32 Å². The number of nitrogens with zero attached hydrogens (tertiary/aromatic N) is 1. The highest BCUT2D eigenvalue weighted by Crippen LogP contribution is 2.24. The lowest BCUT2D eigenvalue weighted by molar-refractivity contribution is 0.333. The molecule has 1 N–H and O–H groups in total. The maximum Gasteiger partial charge on any atom is 0.137 e. The van der Waals surface area contributed by atoms with E-state index in [0.29, 0.717) is 6.17 Å². The van der Waals surface area contributed by atoms with Gasteiger partial charge >= 0.3 is 0 Å². The van der Waals surface area contributed by atoms with Crippen LogP contribution in [0.1, 0.15) is 12.8 Å². The molecule has 0 spiro atoms. The van der Waals surface area contributed by atoms with Crippen molar-refractivity contribution in [1.82, 2.24) is 10.2 Å². The van der Waals surface area contributed by atoms with E-state index < -0.39 is 0 Å². The molecule has 62 valence electrons. The third-order valence-corrected chi connectivity index (χ3v) is 3.73. The Hall–Kier alpha value is 0.200. The minimum Gasteiger partial charge on any atom is -0.341 e.